The lowest BCUT2D eigenvalue weighted by Gasteiger charge is -2.34. The molecule has 0 fully saturated rings. The first-order chi connectivity index (χ1) is 11.4. The highest BCUT2D eigenvalue weighted by molar-refractivity contribution is 5.96. The average Bonchev–Trinajstić information content (AvgIpc) is 3.00. The Hall–Kier alpha value is -2.70. The Kier molecular flexibility index (Phi) is 4.09. The van der Waals surface area contributed by atoms with Gasteiger partial charge >= 0.3 is 5.97 Å². The Morgan fingerprint density at radius 3 is 2.33 bits per heavy atom. The van der Waals surface area contributed by atoms with Crippen molar-refractivity contribution in [2.45, 2.75) is 39.3 Å². The summed E-state index contributed by atoms with van der Waals surface area (Å²) in [6.07, 6.45) is 0. The Balaban J connectivity index is 1.85. The van der Waals surface area contributed by atoms with Crippen molar-refractivity contribution in [3.05, 3.63) is 47.0 Å². The molecule has 1 aliphatic heterocycles. The van der Waals surface area contributed by atoms with Gasteiger partial charge in [-0.25, -0.2) is 4.79 Å². The molecule has 24 heavy (non-hydrogen) atoms. The van der Waals surface area contributed by atoms with Gasteiger partial charge in [0.05, 0.1) is 11.6 Å². The molecular formula is C17H20N4O3. The number of carboxylic acids is 1. The van der Waals surface area contributed by atoms with Gasteiger partial charge < -0.3 is 14.6 Å². The third-order valence-corrected chi connectivity index (χ3v) is 4.37. The van der Waals surface area contributed by atoms with E-state index in [1.54, 1.807) is 17.0 Å². The third-order valence-electron chi connectivity index (χ3n) is 4.37. The maximum atomic E-state index is 12.8. The lowest BCUT2D eigenvalue weighted by Crippen LogP contribution is -2.41. The Morgan fingerprint density at radius 2 is 1.75 bits per heavy atom. The molecule has 2 heterocycles. The average molecular weight is 328 g/mol. The maximum Gasteiger partial charge on any atom is 0.335 e. The predicted molar refractivity (Wildman–Crippen MR) is 87.0 cm³/mol. The number of aromatic carboxylic acids is 1. The summed E-state index contributed by atoms with van der Waals surface area (Å²) in [4.78, 5) is 25.4. The molecule has 1 aromatic heterocycles. The summed E-state index contributed by atoms with van der Waals surface area (Å²) < 4.78 is 2.09. The van der Waals surface area contributed by atoms with Crippen LogP contribution < -0.4 is 0 Å². The van der Waals surface area contributed by atoms with Crippen LogP contribution in [0.1, 0.15) is 65.1 Å². The van der Waals surface area contributed by atoms with Crippen molar-refractivity contribution < 1.29 is 14.7 Å². The van der Waals surface area contributed by atoms with Crippen LogP contribution in [0, 0.1) is 0 Å². The van der Waals surface area contributed by atoms with Crippen molar-refractivity contribution in [3.8, 4) is 0 Å². The highest BCUT2D eigenvalue weighted by atomic mass is 16.4. The number of aromatic nitrogens is 3. The minimum absolute atomic E-state index is 0.125. The third kappa shape index (κ3) is 2.66. The molecule has 7 nitrogen and oxygen atoms in total. The summed E-state index contributed by atoms with van der Waals surface area (Å²) in [7, 11) is 0. The topological polar surface area (TPSA) is 88.3 Å². The summed E-state index contributed by atoms with van der Waals surface area (Å²) >= 11 is 0. The van der Waals surface area contributed by atoms with Gasteiger partial charge in [-0.2, -0.15) is 0 Å². The van der Waals surface area contributed by atoms with Crippen LogP contribution in [0.4, 0.5) is 0 Å². The van der Waals surface area contributed by atoms with Gasteiger partial charge in [-0.05, 0) is 31.2 Å². The standard InChI is InChI=1S/C17H20N4O3/c1-10(2)14-18-19-15-11(3)20(8-9-21(14)15)16(22)12-4-6-13(7-5-12)17(23)24/h4-7,10-11H,8-9H2,1-3H3,(H,23,24). The number of carboxylic acid groups (broad SMARTS) is 1. The van der Waals surface area contributed by atoms with Crippen molar-refractivity contribution in [3.63, 3.8) is 0 Å². The second kappa shape index (κ2) is 6.07. The molecule has 1 aliphatic rings. The van der Waals surface area contributed by atoms with E-state index in [1.807, 2.05) is 6.92 Å². The molecule has 0 bridgehead atoms. The molecule has 0 saturated heterocycles. The largest absolute Gasteiger partial charge is 0.478 e. The van der Waals surface area contributed by atoms with Gasteiger partial charge in [0.1, 0.15) is 5.82 Å². The summed E-state index contributed by atoms with van der Waals surface area (Å²) in [5.41, 5.74) is 0.642. The highest BCUT2D eigenvalue weighted by Gasteiger charge is 2.32. The van der Waals surface area contributed by atoms with E-state index < -0.39 is 5.97 Å². The summed E-state index contributed by atoms with van der Waals surface area (Å²) in [5, 5.41) is 17.5. The number of benzene rings is 1. The molecule has 1 atom stereocenters. The molecule has 0 spiro atoms. The van der Waals surface area contributed by atoms with Gasteiger partial charge in [0.25, 0.3) is 5.91 Å². The number of carbonyl (C=O) groups excluding carboxylic acids is 1. The molecule has 2 aromatic rings. The van der Waals surface area contributed by atoms with Gasteiger partial charge in [-0.1, -0.05) is 13.8 Å². The molecular weight excluding hydrogens is 308 g/mol. The van der Waals surface area contributed by atoms with Crippen molar-refractivity contribution in [1.29, 1.82) is 0 Å². The highest BCUT2D eigenvalue weighted by Crippen LogP contribution is 2.28. The first-order valence-electron chi connectivity index (χ1n) is 7.97. The molecule has 1 N–H and O–H groups in total. The van der Waals surface area contributed by atoms with Crippen LogP contribution in [0.5, 0.6) is 0 Å². The van der Waals surface area contributed by atoms with E-state index in [-0.39, 0.29) is 23.4 Å². The summed E-state index contributed by atoms with van der Waals surface area (Å²) in [5.74, 6) is 0.883. The van der Waals surface area contributed by atoms with Crippen LogP contribution in [0.2, 0.25) is 0 Å². The number of carbonyl (C=O) groups is 2. The quantitative estimate of drug-likeness (QED) is 0.934. The van der Waals surface area contributed by atoms with E-state index in [1.165, 1.54) is 12.1 Å². The Morgan fingerprint density at radius 1 is 1.12 bits per heavy atom. The zero-order valence-electron chi connectivity index (χ0n) is 13.9. The fourth-order valence-corrected chi connectivity index (χ4v) is 3.03. The zero-order valence-corrected chi connectivity index (χ0v) is 13.9. The van der Waals surface area contributed by atoms with E-state index >= 15 is 0 Å². The number of hydrogen-bond acceptors (Lipinski definition) is 4. The number of nitrogens with zero attached hydrogens (tertiary/aromatic N) is 4. The van der Waals surface area contributed by atoms with Crippen molar-refractivity contribution in [2.75, 3.05) is 6.54 Å². The molecule has 1 unspecified atom stereocenters. The zero-order chi connectivity index (χ0) is 17.4. The van der Waals surface area contributed by atoms with Crippen LogP contribution in [0.3, 0.4) is 0 Å². The first kappa shape index (κ1) is 16.2. The number of hydrogen-bond donors (Lipinski definition) is 1. The minimum atomic E-state index is -1.00. The van der Waals surface area contributed by atoms with Gasteiger partial charge in [0.15, 0.2) is 5.82 Å². The molecule has 0 saturated carbocycles. The molecule has 0 radical (unpaired) electrons. The fourth-order valence-electron chi connectivity index (χ4n) is 3.03. The fraction of sp³-hybridized carbons (Fsp3) is 0.412. The van der Waals surface area contributed by atoms with E-state index in [2.05, 4.69) is 28.6 Å². The number of amides is 1. The van der Waals surface area contributed by atoms with Crippen LogP contribution >= 0.6 is 0 Å². The van der Waals surface area contributed by atoms with Crippen molar-refractivity contribution in [2.24, 2.45) is 0 Å². The number of fused-ring (bicyclic) bond motifs is 1. The normalized spacial score (nSPS) is 17.0. The SMILES string of the molecule is CC(C)c1nnc2n1CCN(C(=O)c1ccc(C(=O)O)cc1)C2C. The van der Waals surface area contributed by atoms with E-state index in [0.717, 1.165) is 11.6 Å². The molecule has 7 heteroatoms. The molecule has 0 aliphatic carbocycles. The maximum absolute atomic E-state index is 12.8. The van der Waals surface area contributed by atoms with Crippen LogP contribution in [-0.4, -0.2) is 43.2 Å². The lowest BCUT2D eigenvalue weighted by molar-refractivity contribution is 0.0633. The second-order valence-corrected chi connectivity index (χ2v) is 6.28. The molecule has 126 valence electrons. The summed E-state index contributed by atoms with van der Waals surface area (Å²) in [6.45, 7) is 7.32. The van der Waals surface area contributed by atoms with Gasteiger partial charge in [-0.3, -0.25) is 4.79 Å². The minimum Gasteiger partial charge on any atom is -0.478 e. The number of rotatable bonds is 3. The van der Waals surface area contributed by atoms with Crippen molar-refractivity contribution in [1.82, 2.24) is 19.7 Å². The Bertz CT molecular complexity index is 780. The van der Waals surface area contributed by atoms with Gasteiger partial charge in [0, 0.05) is 24.6 Å². The van der Waals surface area contributed by atoms with E-state index in [0.29, 0.717) is 18.7 Å². The van der Waals surface area contributed by atoms with Crippen molar-refractivity contribution >= 4 is 11.9 Å². The van der Waals surface area contributed by atoms with Crippen LogP contribution in [0.25, 0.3) is 0 Å². The van der Waals surface area contributed by atoms with Gasteiger partial charge in [-0.15, -0.1) is 10.2 Å². The Labute approximate surface area is 139 Å². The lowest BCUT2D eigenvalue weighted by atomic mass is 10.1. The molecule has 1 aromatic carbocycles. The second-order valence-electron chi connectivity index (χ2n) is 6.28. The summed E-state index contributed by atoms with van der Waals surface area (Å²) in [6, 6.07) is 5.83. The van der Waals surface area contributed by atoms with Gasteiger partial charge in [0.2, 0.25) is 0 Å². The van der Waals surface area contributed by atoms with E-state index in [9.17, 15) is 9.59 Å². The van der Waals surface area contributed by atoms with E-state index in [4.69, 9.17) is 5.11 Å². The predicted octanol–water partition coefficient (Wildman–Crippen LogP) is 2.32. The molecule has 3 rings (SSSR count). The first-order valence-corrected chi connectivity index (χ1v) is 7.97. The van der Waals surface area contributed by atoms with Crippen LogP contribution in [0.15, 0.2) is 24.3 Å². The molecule has 1 amide bonds. The monoisotopic (exact) mass is 328 g/mol. The smallest absolute Gasteiger partial charge is 0.335 e. The van der Waals surface area contributed by atoms with Crippen LogP contribution in [-0.2, 0) is 6.54 Å².